The number of amides is 1. The number of nitrogens with two attached hydrogens (primary N) is 1. The van der Waals surface area contributed by atoms with E-state index in [1.807, 2.05) is 19.1 Å². The van der Waals surface area contributed by atoms with E-state index in [1.54, 1.807) is 11.0 Å². The van der Waals surface area contributed by atoms with Gasteiger partial charge in [-0.05, 0) is 18.6 Å². The van der Waals surface area contributed by atoms with Gasteiger partial charge in [0.05, 0.1) is 24.4 Å². The smallest absolute Gasteiger partial charge is 0.311 e. The zero-order valence-corrected chi connectivity index (χ0v) is 10.5. The summed E-state index contributed by atoms with van der Waals surface area (Å²) in [6, 6.07) is 5.52. The van der Waals surface area contributed by atoms with Gasteiger partial charge < -0.3 is 15.4 Å². The molecule has 0 radical (unpaired) electrons. The summed E-state index contributed by atoms with van der Waals surface area (Å²) in [6.45, 7) is 2.22. The molecule has 0 spiro atoms. The number of hydrogen-bond donors (Lipinski definition) is 1. The highest BCUT2D eigenvalue weighted by atomic mass is 16.5. The molecule has 18 heavy (non-hydrogen) atoms. The Hall–Kier alpha value is -2.04. The van der Waals surface area contributed by atoms with Crippen molar-refractivity contribution in [2.45, 2.75) is 13.3 Å². The number of methoxy groups -OCH3 is 1. The molecule has 1 aliphatic heterocycles. The highest BCUT2D eigenvalue weighted by Crippen LogP contribution is 2.31. The molecular weight excluding hydrogens is 232 g/mol. The van der Waals surface area contributed by atoms with Gasteiger partial charge in [-0.2, -0.15) is 0 Å². The Morgan fingerprint density at radius 3 is 2.89 bits per heavy atom. The quantitative estimate of drug-likeness (QED) is 0.628. The van der Waals surface area contributed by atoms with Gasteiger partial charge in [-0.15, -0.1) is 0 Å². The minimum Gasteiger partial charge on any atom is -0.469 e. The number of rotatable bonds is 2. The number of benzene rings is 1. The summed E-state index contributed by atoms with van der Waals surface area (Å²) in [5.41, 5.74) is 8.14. The third kappa shape index (κ3) is 2.03. The summed E-state index contributed by atoms with van der Waals surface area (Å²) in [6.07, 6.45) is 0.181. The van der Waals surface area contributed by atoms with E-state index < -0.39 is 5.92 Å². The Labute approximate surface area is 106 Å². The highest BCUT2D eigenvalue weighted by molar-refractivity contribution is 6.01. The van der Waals surface area contributed by atoms with Crippen molar-refractivity contribution >= 4 is 23.3 Å². The van der Waals surface area contributed by atoms with Crippen LogP contribution in [-0.2, 0) is 14.3 Å². The van der Waals surface area contributed by atoms with Gasteiger partial charge in [0, 0.05) is 13.0 Å². The molecule has 5 heteroatoms. The van der Waals surface area contributed by atoms with Crippen molar-refractivity contribution in [1.29, 1.82) is 0 Å². The lowest BCUT2D eigenvalue weighted by molar-refractivity contribution is -0.145. The first-order chi connectivity index (χ1) is 8.54. The van der Waals surface area contributed by atoms with E-state index in [2.05, 4.69) is 4.74 Å². The molecule has 1 amide bonds. The van der Waals surface area contributed by atoms with Crippen molar-refractivity contribution in [3.8, 4) is 0 Å². The summed E-state index contributed by atoms with van der Waals surface area (Å²) in [5, 5.41) is 0. The Morgan fingerprint density at radius 1 is 1.50 bits per heavy atom. The van der Waals surface area contributed by atoms with Crippen molar-refractivity contribution in [1.82, 2.24) is 0 Å². The predicted molar refractivity (Wildman–Crippen MR) is 68.1 cm³/mol. The van der Waals surface area contributed by atoms with Crippen LogP contribution in [0.15, 0.2) is 18.2 Å². The highest BCUT2D eigenvalue weighted by Gasteiger charge is 2.36. The minimum atomic E-state index is -0.401. The lowest BCUT2D eigenvalue weighted by Crippen LogP contribution is -2.27. The monoisotopic (exact) mass is 248 g/mol. The summed E-state index contributed by atoms with van der Waals surface area (Å²) >= 11 is 0. The molecule has 1 atom stereocenters. The average molecular weight is 248 g/mol. The fourth-order valence-electron chi connectivity index (χ4n) is 2.17. The molecule has 2 N–H and O–H groups in total. The van der Waals surface area contributed by atoms with E-state index in [0.29, 0.717) is 17.9 Å². The number of hydrogen-bond acceptors (Lipinski definition) is 4. The summed E-state index contributed by atoms with van der Waals surface area (Å²) in [7, 11) is 1.33. The van der Waals surface area contributed by atoms with Crippen LogP contribution < -0.4 is 10.6 Å². The lowest BCUT2D eigenvalue weighted by Gasteiger charge is -2.19. The van der Waals surface area contributed by atoms with Crippen molar-refractivity contribution in [2.24, 2.45) is 5.92 Å². The van der Waals surface area contributed by atoms with Gasteiger partial charge in [0.1, 0.15) is 0 Å². The minimum absolute atomic E-state index is 0.0947. The second kappa shape index (κ2) is 4.68. The van der Waals surface area contributed by atoms with Crippen LogP contribution in [0.3, 0.4) is 0 Å². The maximum absolute atomic E-state index is 11.9. The number of carbonyl (C=O) groups is 2. The van der Waals surface area contributed by atoms with E-state index in [-0.39, 0.29) is 18.3 Å². The zero-order chi connectivity index (χ0) is 13.3. The molecule has 5 nitrogen and oxygen atoms in total. The van der Waals surface area contributed by atoms with Gasteiger partial charge in [0.25, 0.3) is 0 Å². The van der Waals surface area contributed by atoms with E-state index in [4.69, 9.17) is 5.73 Å². The van der Waals surface area contributed by atoms with Crippen molar-refractivity contribution in [2.75, 3.05) is 24.3 Å². The largest absolute Gasteiger partial charge is 0.469 e. The Kier molecular flexibility index (Phi) is 3.23. The van der Waals surface area contributed by atoms with Gasteiger partial charge in [-0.1, -0.05) is 12.1 Å². The first-order valence-electron chi connectivity index (χ1n) is 5.78. The first-order valence-corrected chi connectivity index (χ1v) is 5.78. The second-order valence-electron chi connectivity index (χ2n) is 4.44. The summed E-state index contributed by atoms with van der Waals surface area (Å²) in [4.78, 5) is 24.9. The number of nitrogen functional groups attached to an aromatic ring is 1. The number of anilines is 2. The standard InChI is InChI=1S/C13H16N2O3/c1-8-4-3-5-10(12(8)14)15-7-9(6-11(15)16)13(17)18-2/h3-5,9H,6-7,14H2,1-2H3. The molecule has 1 fully saturated rings. The second-order valence-corrected chi connectivity index (χ2v) is 4.44. The molecule has 0 aromatic heterocycles. The fraction of sp³-hybridized carbons (Fsp3) is 0.385. The zero-order valence-electron chi connectivity index (χ0n) is 10.5. The van der Waals surface area contributed by atoms with Gasteiger partial charge in [-0.25, -0.2) is 0 Å². The van der Waals surface area contributed by atoms with Crippen LogP contribution in [0.1, 0.15) is 12.0 Å². The molecule has 1 aliphatic rings. The molecule has 0 saturated carbocycles. The van der Waals surface area contributed by atoms with Crippen LogP contribution in [0.4, 0.5) is 11.4 Å². The normalized spacial score (nSPS) is 19.1. The van der Waals surface area contributed by atoms with Crippen LogP contribution in [0.2, 0.25) is 0 Å². The maximum atomic E-state index is 11.9. The molecule has 1 unspecified atom stereocenters. The van der Waals surface area contributed by atoms with Gasteiger partial charge in [-0.3, -0.25) is 9.59 Å². The van der Waals surface area contributed by atoms with Gasteiger partial charge in [0.15, 0.2) is 0 Å². The third-order valence-corrected chi connectivity index (χ3v) is 3.25. The van der Waals surface area contributed by atoms with Crippen LogP contribution >= 0.6 is 0 Å². The molecule has 0 bridgehead atoms. The van der Waals surface area contributed by atoms with Crippen molar-refractivity contribution in [3.63, 3.8) is 0 Å². The fourth-order valence-corrected chi connectivity index (χ4v) is 2.17. The molecule has 1 saturated heterocycles. The molecular formula is C13H16N2O3. The SMILES string of the molecule is COC(=O)C1CC(=O)N(c2cccc(C)c2N)C1. The van der Waals surface area contributed by atoms with Crippen LogP contribution in [-0.4, -0.2) is 25.5 Å². The molecule has 1 aromatic rings. The molecule has 1 heterocycles. The molecule has 1 aromatic carbocycles. The number of aryl methyl sites for hydroxylation is 1. The first kappa shape index (κ1) is 12.4. The predicted octanol–water partition coefficient (Wildman–Crippen LogP) is 1.10. The van der Waals surface area contributed by atoms with Crippen LogP contribution in [0, 0.1) is 12.8 Å². The van der Waals surface area contributed by atoms with Crippen LogP contribution in [0.25, 0.3) is 0 Å². The maximum Gasteiger partial charge on any atom is 0.311 e. The Bertz CT molecular complexity index is 499. The lowest BCUT2D eigenvalue weighted by atomic mass is 10.1. The topological polar surface area (TPSA) is 72.6 Å². The van der Waals surface area contributed by atoms with E-state index in [1.165, 1.54) is 7.11 Å². The molecule has 0 aliphatic carbocycles. The number of ether oxygens (including phenoxy) is 1. The number of esters is 1. The van der Waals surface area contributed by atoms with Gasteiger partial charge >= 0.3 is 5.97 Å². The number of nitrogens with zero attached hydrogens (tertiary/aromatic N) is 1. The summed E-state index contributed by atoms with van der Waals surface area (Å²) in [5.74, 6) is -0.845. The molecule has 2 rings (SSSR count). The molecule has 96 valence electrons. The van der Waals surface area contributed by atoms with Crippen molar-refractivity contribution < 1.29 is 14.3 Å². The van der Waals surface area contributed by atoms with E-state index >= 15 is 0 Å². The number of para-hydroxylation sites is 1. The third-order valence-electron chi connectivity index (χ3n) is 3.25. The van der Waals surface area contributed by atoms with E-state index in [0.717, 1.165) is 5.56 Å². The van der Waals surface area contributed by atoms with Crippen molar-refractivity contribution in [3.05, 3.63) is 23.8 Å². The van der Waals surface area contributed by atoms with Crippen LogP contribution in [0.5, 0.6) is 0 Å². The summed E-state index contributed by atoms with van der Waals surface area (Å²) < 4.78 is 4.67. The van der Waals surface area contributed by atoms with E-state index in [9.17, 15) is 9.59 Å². The van der Waals surface area contributed by atoms with Gasteiger partial charge in [0.2, 0.25) is 5.91 Å². The number of carbonyl (C=O) groups excluding carboxylic acids is 2. The Balaban J connectivity index is 2.27. The average Bonchev–Trinajstić information content (AvgIpc) is 2.74. The Morgan fingerprint density at radius 2 is 2.22 bits per heavy atom.